The molecule has 1 aliphatic rings. The fourth-order valence-corrected chi connectivity index (χ4v) is 2.68. The Bertz CT molecular complexity index is 397. The van der Waals surface area contributed by atoms with Crippen molar-refractivity contribution in [1.82, 2.24) is 4.90 Å². The van der Waals surface area contributed by atoms with E-state index in [0.29, 0.717) is 12.4 Å². The monoisotopic (exact) mass is 267 g/mol. The van der Waals surface area contributed by atoms with Crippen LogP contribution < -0.4 is 4.74 Å². The summed E-state index contributed by atoms with van der Waals surface area (Å²) in [6.45, 7) is 3.99. The number of aliphatic hydroxyl groups excluding tert-OH is 1. The van der Waals surface area contributed by atoms with E-state index < -0.39 is 0 Å². The molecule has 1 heterocycles. The molecule has 0 bridgehead atoms. The lowest BCUT2D eigenvalue weighted by Gasteiger charge is -2.37. The molecule has 3 nitrogen and oxygen atoms in total. The number of likely N-dealkylation sites (tertiary alicyclic amines) is 1. The molecule has 0 spiro atoms. The van der Waals surface area contributed by atoms with Gasteiger partial charge in [-0.15, -0.1) is 0 Å². The molecule has 106 valence electrons. The normalized spacial score (nSPS) is 22.2. The summed E-state index contributed by atoms with van der Waals surface area (Å²) in [5.74, 6) is -0.0265. The predicted octanol–water partition coefficient (Wildman–Crippen LogP) is 2.44. The summed E-state index contributed by atoms with van der Waals surface area (Å²) in [5.41, 5.74) is 0. The minimum atomic E-state index is -0.326. The molecular weight excluding hydrogens is 245 g/mol. The van der Waals surface area contributed by atoms with Crippen LogP contribution in [-0.2, 0) is 0 Å². The number of halogens is 1. The number of para-hydroxylation sites is 1. The van der Waals surface area contributed by atoms with Gasteiger partial charge >= 0.3 is 0 Å². The van der Waals surface area contributed by atoms with Crippen LogP contribution in [0.15, 0.2) is 24.3 Å². The van der Waals surface area contributed by atoms with Gasteiger partial charge in [-0.1, -0.05) is 18.6 Å². The first-order chi connectivity index (χ1) is 9.18. The summed E-state index contributed by atoms with van der Waals surface area (Å²) < 4.78 is 18.9. The van der Waals surface area contributed by atoms with Crippen molar-refractivity contribution >= 4 is 0 Å². The van der Waals surface area contributed by atoms with Crippen molar-refractivity contribution in [2.75, 3.05) is 19.7 Å². The third kappa shape index (κ3) is 3.91. The first-order valence-electron chi connectivity index (χ1n) is 6.98. The van der Waals surface area contributed by atoms with Crippen molar-refractivity contribution in [1.29, 1.82) is 0 Å². The predicted molar refractivity (Wildman–Crippen MR) is 72.8 cm³/mol. The number of ether oxygens (including phenoxy) is 1. The van der Waals surface area contributed by atoms with Crippen molar-refractivity contribution in [2.45, 2.75) is 38.3 Å². The number of aliphatic hydroxyl groups is 1. The summed E-state index contributed by atoms with van der Waals surface area (Å²) in [4.78, 5) is 2.25. The second-order valence-electron chi connectivity index (χ2n) is 5.12. The Labute approximate surface area is 114 Å². The van der Waals surface area contributed by atoms with E-state index in [-0.39, 0.29) is 18.0 Å². The van der Waals surface area contributed by atoms with E-state index in [4.69, 9.17) is 4.74 Å². The minimum absolute atomic E-state index is 0.206. The molecule has 0 aliphatic carbocycles. The highest BCUT2D eigenvalue weighted by Gasteiger charge is 2.25. The Morgan fingerprint density at radius 1 is 1.42 bits per heavy atom. The Hall–Kier alpha value is -1.13. The fraction of sp³-hybridized carbons (Fsp3) is 0.600. The molecule has 1 saturated heterocycles. The average Bonchev–Trinajstić information content (AvgIpc) is 2.41. The number of nitrogens with zero attached hydrogens (tertiary/aromatic N) is 1. The molecule has 1 aromatic carbocycles. The van der Waals surface area contributed by atoms with Gasteiger partial charge in [-0.3, -0.25) is 4.90 Å². The first-order valence-corrected chi connectivity index (χ1v) is 6.98. The Morgan fingerprint density at radius 2 is 2.21 bits per heavy atom. The van der Waals surface area contributed by atoms with Crippen molar-refractivity contribution in [3.8, 4) is 5.75 Å². The number of hydrogen-bond acceptors (Lipinski definition) is 3. The zero-order valence-electron chi connectivity index (χ0n) is 11.4. The smallest absolute Gasteiger partial charge is 0.165 e. The minimum Gasteiger partial charge on any atom is -0.489 e. The zero-order valence-corrected chi connectivity index (χ0v) is 11.4. The molecule has 1 aromatic rings. The van der Waals surface area contributed by atoms with Crippen LogP contribution in [0.3, 0.4) is 0 Å². The molecule has 0 aromatic heterocycles. The summed E-state index contributed by atoms with van der Waals surface area (Å²) >= 11 is 0. The Balaban J connectivity index is 1.83. The fourth-order valence-electron chi connectivity index (χ4n) is 2.68. The Morgan fingerprint density at radius 3 is 2.95 bits per heavy atom. The van der Waals surface area contributed by atoms with Gasteiger partial charge in [0.05, 0.1) is 6.10 Å². The summed E-state index contributed by atoms with van der Waals surface area (Å²) in [7, 11) is 0. The van der Waals surface area contributed by atoms with Crippen LogP contribution in [0.4, 0.5) is 4.39 Å². The average molecular weight is 267 g/mol. The van der Waals surface area contributed by atoms with Crippen LogP contribution >= 0.6 is 0 Å². The topological polar surface area (TPSA) is 32.7 Å². The van der Waals surface area contributed by atoms with E-state index >= 15 is 0 Å². The molecule has 0 saturated carbocycles. The number of piperidine rings is 1. The maximum absolute atomic E-state index is 13.4. The number of benzene rings is 1. The molecule has 19 heavy (non-hydrogen) atoms. The van der Waals surface area contributed by atoms with E-state index in [1.165, 1.54) is 12.5 Å². The summed E-state index contributed by atoms with van der Waals surface area (Å²) in [5, 5.41) is 9.77. The first kappa shape index (κ1) is 14.3. The summed E-state index contributed by atoms with van der Waals surface area (Å²) in [6, 6.07) is 6.65. The van der Waals surface area contributed by atoms with Gasteiger partial charge in [-0.05, 0) is 38.4 Å². The van der Waals surface area contributed by atoms with Crippen LogP contribution in [0.5, 0.6) is 5.75 Å². The van der Waals surface area contributed by atoms with E-state index in [1.807, 2.05) is 6.92 Å². The van der Waals surface area contributed by atoms with Gasteiger partial charge in [0.1, 0.15) is 6.61 Å². The molecule has 2 atom stereocenters. The van der Waals surface area contributed by atoms with E-state index in [9.17, 15) is 9.50 Å². The van der Waals surface area contributed by atoms with E-state index in [2.05, 4.69) is 4.90 Å². The van der Waals surface area contributed by atoms with Gasteiger partial charge < -0.3 is 9.84 Å². The van der Waals surface area contributed by atoms with Gasteiger partial charge in [0.25, 0.3) is 0 Å². The standard InChI is InChI=1S/C15H22FNO2/c1-12(18)14-7-4-5-9-17(14)10-11-19-15-8-3-2-6-13(15)16/h2-3,6,8,12,14,18H,4-5,7,9-11H2,1H3. The Kier molecular flexibility index (Phi) is 5.16. The molecular formula is C15H22FNO2. The van der Waals surface area contributed by atoms with Gasteiger partial charge in [0.2, 0.25) is 0 Å². The third-order valence-electron chi connectivity index (χ3n) is 3.69. The lowest BCUT2D eigenvalue weighted by molar-refractivity contribution is 0.0290. The molecule has 0 radical (unpaired) electrons. The molecule has 0 amide bonds. The summed E-state index contributed by atoms with van der Waals surface area (Å²) in [6.07, 6.45) is 3.02. The third-order valence-corrected chi connectivity index (χ3v) is 3.69. The number of rotatable bonds is 5. The van der Waals surface area contributed by atoms with Crippen LogP contribution in [-0.4, -0.2) is 41.8 Å². The van der Waals surface area contributed by atoms with E-state index in [1.54, 1.807) is 18.2 Å². The molecule has 1 fully saturated rings. The quantitative estimate of drug-likeness (QED) is 0.889. The highest BCUT2D eigenvalue weighted by molar-refractivity contribution is 5.23. The van der Waals surface area contributed by atoms with Crippen LogP contribution in [0.2, 0.25) is 0 Å². The van der Waals surface area contributed by atoms with Crippen LogP contribution in [0.25, 0.3) is 0 Å². The SMILES string of the molecule is CC(O)C1CCCCN1CCOc1ccccc1F. The molecule has 1 N–H and O–H groups in total. The molecule has 2 rings (SSSR count). The molecule has 1 aliphatic heterocycles. The maximum atomic E-state index is 13.4. The molecule has 4 heteroatoms. The second kappa shape index (κ2) is 6.87. The zero-order chi connectivity index (χ0) is 13.7. The van der Waals surface area contributed by atoms with Crippen molar-refractivity contribution in [2.24, 2.45) is 0 Å². The lowest BCUT2D eigenvalue weighted by atomic mass is 9.98. The van der Waals surface area contributed by atoms with Crippen LogP contribution in [0.1, 0.15) is 26.2 Å². The lowest BCUT2D eigenvalue weighted by Crippen LogP contribution is -2.47. The second-order valence-corrected chi connectivity index (χ2v) is 5.12. The van der Waals surface area contributed by atoms with E-state index in [0.717, 1.165) is 25.9 Å². The number of hydrogen-bond donors (Lipinski definition) is 1. The highest BCUT2D eigenvalue weighted by atomic mass is 19.1. The van der Waals surface area contributed by atoms with Gasteiger partial charge in [-0.2, -0.15) is 0 Å². The maximum Gasteiger partial charge on any atom is 0.165 e. The van der Waals surface area contributed by atoms with Gasteiger partial charge in [-0.25, -0.2) is 4.39 Å². The van der Waals surface area contributed by atoms with Crippen molar-refractivity contribution in [3.05, 3.63) is 30.1 Å². The molecule has 2 unspecified atom stereocenters. The van der Waals surface area contributed by atoms with Crippen molar-refractivity contribution < 1.29 is 14.2 Å². The highest BCUT2D eigenvalue weighted by Crippen LogP contribution is 2.20. The van der Waals surface area contributed by atoms with Crippen molar-refractivity contribution in [3.63, 3.8) is 0 Å². The largest absolute Gasteiger partial charge is 0.489 e. The van der Waals surface area contributed by atoms with Crippen LogP contribution in [0, 0.1) is 5.82 Å². The van der Waals surface area contributed by atoms with Gasteiger partial charge in [0, 0.05) is 12.6 Å². The van der Waals surface area contributed by atoms with Gasteiger partial charge in [0.15, 0.2) is 11.6 Å².